The molecule has 1 atom stereocenters. The molecule has 20 heteroatoms. The lowest BCUT2D eigenvalue weighted by atomic mass is 9.96. The van der Waals surface area contributed by atoms with E-state index in [-0.39, 0.29) is 35.3 Å². The van der Waals surface area contributed by atoms with Crippen molar-refractivity contribution in [1.29, 1.82) is 0 Å². The molecule has 4 aliphatic heterocycles. The van der Waals surface area contributed by atoms with Gasteiger partial charge < -0.3 is 25.2 Å². The van der Waals surface area contributed by atoms with Crippen LogP contribution in [-0.2, 0) is 21.4 Å². The zero-order valence-corrected chi connectivity index (χ0v) is 35.6. The number of para-hydroxylation sites is 1. The Morgan fingerprint density at radius 1 is 0.905 bits per heavy atom. The van der Waals surface area contributed by atoms with Crippen LogP contribution in [0, 0.1) is 0 Å². The number of hydrogen-bond acceptors (Lipinski definition) is 12. The number of halogens is 2. The number of hydrogen-bond donors (Lipinski definition) is 3. The van der Waals surface area contributed by atoms with Gasteiger partial charge >= 0.3 is 5.69 Å². The van der Waals surface area contributed by atoms with Crippen molar-refractivity contribution < 1.29 is 27.9 Å². The zero-order chi connectivity index (χ0) is 43.6. The number of piperazine rings is 1. The van der Waals surface area contributed by atoms with Gasteiger partial charge in [0, 0.05) is 71.2 Å². The first-order valence-corrected chi connectivity index (χ1v) is 22.2. The molecule has 5 fully saturated rings. The first kappa shape index (κ1) is 42.6. The van der Waals surface area contributed by atoms with E-state index in [9.17, 15) is 28.0 Å². The van der Waals surface area contributed by atoms with Gasteiger partial charge in [0.1, 0.15) is 17.4 Å². The molecule has 18 nitrogen and oxygen atoms in total. The molecule has 63 heavy (non-hydrogen) atoms. The summed E-state index contributed by atoms with van der Waals surface area (Å²) in [6.45, 7) is 8.70. The summed E-state index contributed by atoms with van der Waals surface area (Å²) < 4.78 is 39.0. The van der Waals surface area contributed by atoms with Crippen LogP contribution in [0.1, 0.15) is 92.3 Å². The Bertz CT molecular complexity index is 2510. The number of amides is 3. The topological polar surface area (TPSA) is 181 Å². The molecule has 3 amide bonds. The number of nitrogens with zero attached hydrogens (tertiary/aromatic N) is 10. The molecule has 4 aromatic heterocycles. The molecule has 1 saturated carbocycles. The van der Waals surface area contributed by atoms with E-state index < -0.39 is 30.0 Å². The molecule has 0 spiro atoms. The molecule has 0 bridgehead atoms. The smallest absolute Gasteiger partial charge is 0.329 e. The second-order valence-electron chi connectivity index (χ2n) is 17.0. The van der Waals surface area contributed by atoms with E-state index >= 15 is 0 Å². The molecule has 1 aliphatic carbocycles. The Morgan fingerprint density at radius 3 is 2.40 bits per heavy atom. The Kier molecular flexibility index (Phi) is 12.5. The van der Waals surface area contributed by atoms with Crippen LogP contribution >= 0.6 is 0 Å². The SMILES string of the molecule is Cn1c(=O)n(C2CCC(=O)NC2=O)c2cccc(N3CCN(C4CCNCC4)CC3)c21.O=C(Nc1cn(C2CCCCC2)nc1C(F)F)c1cnn2ccc(N3CCOCC3)nc12. The van der Waals surface area contributed by atoms with Gasteiger partial charge in [0.25, 0.3) is 12.3 Å². The average Bonchev–Trinajstić information content (AvgIpc) is 4.01. The highest BCUT2D eigenvalue weighted by atomic mass is 19.3. The lowest BCUT2D eigenvalue weighted by Gasteiger charge is -2.41. The number of piperidine rings is 2. The highest BCUT2D eigenvalue weighted by Crippen LogP contribution is 2.34. The maximum Gasteiger partial charge on any atom is 0.329 e. The van der Waals surface area contributed by atoms with Gasteiger partial charge in [-0.3, -0.25) is 38.4 Å². The van der Waals surface area contributed by atoms with Crippen LogP contribution in [0.4, 0.5) is 26.0 Å². The predicted molar refractivity (Wildman–Crippen MR) is 232 cm³/mol. The quantitative estimate of drug-likeness (QED) is 0.193. The molecular weight excluding hydrogens is 817 g/mol. The Balaban J connectivity index is 0.000000160. The zero-order valence-electron chi connectivity index (χ0n) is 35.6. The van der Waals surface area contributed by atoms with Gasteiger partial charge in [-0.25, -0.2) is 23.1 Å². The van der Waals surface area contributed by atoms with Crippen molar-refractivity contribution in [2.24, 2.45) is 7.05 Å². The van der Waals surface area contributed by atoms with E-state index in [1.54, 1.807) is 27.1 Å². The summed E-state index contributed by atoms with van der Waals surface area (Å²) >= 11 is 0. The van der Waals surface area contributed by atoms with Crippen molar-refractivity contribution in [2.45, 2.75) is 82.3 Å². The van der Waals surface area contributed by atoms with Crippen molar-refractivity contribution in [2.75, 3.05) is 80.7 Å². The Morgan fingerprint density at radius 2 is 1.67 bits per heavy atom. The average molecular weight is 872 g/mol. The number of imidazole rings is 1. The summed E-state index contributed by atoms with van der Waals surface area (Å²) in [6.07, 6.45) is 9.93. The summed E-state index contributed by atoms with van der Waals surface area (Å²) in [5.74, 6) is -0.501. The first-order valence-electron chi connectivity index (χ1n) is 22.2. The van der Waals surface area contributed by atoms with Crippen LogP contribution in [0.2, 0.25) is 0 Å². The molecule has 1 unspecified atom stereocenters. The number of imide groups is 1. The third kappa shape index (κ3) is 8.80. The summed E-state index contributed by atoms with van der Waals surface area (Å²) in [4.78, 5) is 61.8. The number of fused-ring (bicyclic) bond motifs is 2. The van der Waals surface area contributed by atoms with Crippen molar-refractivity contribution in [3.63, 3.8) is 0 Å². The number of benzene rings is 1. The maximum atomic E-state index is 13.6. The number of aromatic nitrogens is 7. The van der Waals surface area contributed by atoms with Gasteiger partial charge in [0.2, 0.25) is 11.8 Å². The molecule has 3 N–H and O–H groups in total. The molecule has 336 valence electrons. The van der Waals surface area contributed by atoms with Crippen LogP contribution in [-0.4, -0.2) is 128 Å². The molecular formula is C43H55F2N13O5. The molecule has 5 aromatic rings. The van der Waals surface area contributed by atoms with Gasteiger partial charge in [-0.05, 0) is 63.4 Å². The van der Waals surface area contributed by atoms with E-state index in [0.29, 0.717) is 50.2 Å². The fraction of sp³-hybridized carbons (Fsp3) is 0.558. The summed E-state index contributed by atoms with van der Waals surface area (Å²) in [5.41, 5.74) is 2.61. The fourth-order valence-corrected chi connectivity index (χ4v) is 9.78. The second kappa shape index (κ2) is 18.5. The molecule has 10 rings (SSSR count). The number of morpholine rings is 1. The number of nitrogens with one attached hydrogen (secondary N) is 3. The minimum Gasteiger partial charge on any atom is -0.378 e. The van der Waals surface area contributed by atoms with Crippen molar-refractivity contribution in [3.05, 3.63) is 64.6 Å². The van der Waals surface area contributed by atoms with Crippen LogP contribution in [0.15, 0.2) is 47.7 Å². The predicted octanol–water partition coefficient (Wildman–Crippen LogP) is 3.65. The first-order chi connectivity index (χ1) is 30.6. The van der Waals surface area contributed by atoms with Gasteiger partial charge in [0.15, 0.2) is 11.3 Å². The third-order valence-corrected chi connectivity index (χ3v) is 13.2. The molecule has 0 radical (unpaired) electrons. The number of carbonyl (C=O) groups excluding carboxylic acids is 3. The van der Waals surface area contributed by atoms with E-state index in [2.05, 4.69) is 51.9 Å². The van der Waals surface area contributed by atoms with Crippen molar-refractivity contribution >= 4 is 51.6 Å². The van der Waals surface area contributed by atoms with Crippen LogP contribution in [0.5, 0.6) is 0 Å². The summed E-state index contributed by atoms with van der Waals surface area (Å²) in [5, 5.41) is 16.7. The van der Waals surface area contributed by atoms with Crippen molar-refractivity contribution in [1.82, 2.24) is 49.0 Å². The normalized spacial score (nSPS) is 20.9. The summed E-state index contributed by atoms with van der Waals surface area (Å²) in [6, 6.07) is 7.85. The van der Waals surface area contributed by atoms with Gasteiger partial charge in [-0.1, -0.05) is 25.3 Å². The number of carbonyl (C=O) groups is 3. The standard InChI is InChI=1S/C22H30N6O3.C21H25F2N7O2/c1-25-20-16(27-13-11-26(12-14-27)15-7-9-23-10-8-15)3-2-4-17(20)28(22(25)31)18-5-6-19(29)24-21(18)30;22-19(23)18-16(13-30(27-18)14-4-2-1-3-5-14)25-21(31)15-12-24-29-7-6-17(26-20(15)29)28-8-10-32-11-9-28/h2-4,15,18,23H,5-14H2,1H3,(H,24,29,30);6-7,12-14,19H,1-5,8-11H2,(H,25,31). The minimum absolute atomic E-state index is 0.0271. The number of aryl methyl sites for hydroxylation is 1. The van der Waals surface area contributed by atoms with Crippen LogP contribution < -0.4 is 31.4 Å². The van der Waals surface area contributed by atoms with Gasteiger partial charge in [-0.15, -0.1) is 0 Å². The highest BCUT2D eigenvalue weighted by molar-refractivity contribution is 6.08. The Hall–Kier alpha value is -5.73. The van der Waals surface area contributed by atoms with Crippen molar-refractivity contribution in [3.8, 4) is 0 Å². The van der Waals surface area contributed by atoms with Gasteiger partial charge in [0.05, 0.1) is 47.9 Å². The van der Waals surface area contributed by atoms with E-state index in [4.69, 9.17) is 4.74 Å². The maximum absolute atomic E-state index is 13.6. The number of alkyl halides is 2. The second-order valence-corrected chi connectivity index (χ2v) is 17.0. The van der Waals surface area contributed by atoms with Gasteiger partial charge in [-0.2, -0.15) is 10.2 Å². The number of ether oxygens (including phenoxy) is 1. The monoisotopic (exact) mass is 871 g/mol. The highest BCUT2D eigenvalue weighted by Gasteiger charge is 2.33. The third-order valence-electron chi connectivity index (χ3n) is 13.2. The minimum atomic E-state index is -2.79. The van der Waals surface area contributed by atoms with Crippen LogP contribution in [0.3, 0.4) is 0 Å². The van der Waals surface area contributed by atoms with E-state index in [1.165, 1.54) is 29.8 Å². The van der Waals surface area contributed by atoms with Crippen LogP contribution in [0.25, 0.3) is 16.7 Å². The lowest BCUT2D eigenvalue weighted by Crippen LogP contribution is -2.52. The molecule has 4 saturated heterocycles. The molecule has 5 aliphatic rings. The Labute approximate surface area is 362 Å². The molecule has 8 heterocycles. The summed E-state index contributed by atoms with van der Waals surface area (Å²) in [7, 11) is 1.77. The largest absolute Gasteiger partial charge is 0.378 e. The lowest BCUT2D eigenvalue weighted by molar-refractivity contribution is -0.135. The van der Waals surface area contributed by atoms with E-state index in [0.717, 1.165) is 88.1 Å². The number of rotatable bonds is 8. The fourth-order valence-electron chi connectivity index (χ4n) is 9.78. The number of anilines is 3. The van der Waals surface area contributed by atoms with E-state index in [1.807, 2.05) is 18.2 Å². The molecule has 1 aromatic carbocycles.